The minimum atomic E-state index is -0.944. The third kappa shape index (κ3) is 3.21. The number of halogens is 1. The maximum Gasteiger partial charge on any atom is 0.321 e. The molecule has 1 aromatic rings. The molecule has 2 heterocycles. The van der Waals surface area contributed by atoms with Gasteiger partial charge in [0.25, 0.3) is 0 Å². The molecule has 3 fully saturated rings. The molecule has 1 saturated carbocycles. The summed E-state index contributed by atoms with van der Waals surface area (Å²) in [7, 11) is 1.33. The lowest BCUT2D eigenvalue weighted by Gasteiger charge is -2.35. The minimum Gasteiger partial charge on any atom is -0.468 e. The van der Waals surface area contributed by atoms with Crippen molar-refractivity contribution in [2.45, 2.75) is 37.5 Å². The van der Waals surface area contributed by atoms with Crippen molar-refractivity contribution >= 4 is 23.5 Å². The number of methoxy groups -OCH3 is 1. The smallest absolute Gasteiger partial charge is 0.321 e. The van der Waals surface area contributed by atoms with E-state index in [1.807, 2.05) is 24.3 Å². The van der Waals surface area contributed by atoms with Gasteiger partial charge in [-0.2, -0.15) is 0 Å². The summed E-state index contributed by atoms with van der Waals surface area (Å²) in [5.74, 6) is -0.610. The number of esters is 1. The van der Waals surface area contributed by atoms with Crippen LogP contribution >= 0.6 is 11.6 Å². The van der Waals surface area contributed by atoms with Crippen LogP contribution in [0.15, 0.2) is 24.3 Å². The Balaban J connectivity index is 1.35. The number of hydrogen-bond donors (Lipinski definition) is 1. The fourth-order valence-electron chi connectivity index (χ4n) is 4.03. The normalized spacial score (nSPS) is 29.7. The molecule has 0 radical (unpaired) electrons. The van der Waals surface area contributed by atoms with E-state index in [-0.39, 0.29) is 18.1 Å². The van der Waals surface area contributed by atoms with Crippen LogP contribution in [0.5, 0.6) is 0 Å². The van der Waals surface area contributed by atoms with Crippen LogP contribution in [0.2, 0.25) is 5.02 Å². The van der Waals surface area contributed by atoms with Gasteiger partial charge in [-0.05, 0) is 37.0 Å². The Bertz CT molecular complexity index is 704. The summed E-state index contributed by atoms with van der Waals surface area (Å²) in [6, 6.07) is 8.09. The van der Waals surface area contributed by atoms with Crippen molar-refractivity contribution in [3.63, 3.8) is 0 Å². The van der Waals surface area contributed by atoms with Crippen molar-refractivity contribution in [3.05, 3.63) is 34.9 Å². The number of morpholine rings is 1. The highest BCUT2D eigenvalue weighted by atomic mass is 35.5. The standard InChI is InChI=1S/C19H23ClN2O4/c1-25-18(24)19(6-7-19)17(23)21-14-8-15-11-26-16(10-22(15)9-14)12-2-4-13(20)5-3-12/h2-5,14-16H,6-11H2,1H3,(H,21,23)/t14-,15-,16+/m0/s1. The number of ether oxygens (including phenoxy) is 2. The van der Waals surface area contributed by atoms with E-state index in [4.69, 9.17) is 21.1 Å². The van der Waals surface area contributed by atoms with Crippen molar-refractivity contribution in [1.82, 2.24) is 10.2 Å². The molecule has 26 heavy (non-hydrogen) atoms. The van der Waals surface area contributed by atoms with Gasteiger partial charge < -0.3 is 14.8 Å². The molecule has 1 aromatic carbocycles. The van der Waals surface area contributed by atoms with Crippen LogP contribution in [0.1, 0.15) is 30.9 Å². The number of amides is 1. The number of rotatable bonds is 4. The fraction of sp³-hybridized carbons (Fsp3) is 0.579. The monoisotopic (exact) mass is 378 g/mol. The third-order valence-corrected chi connectivity index (χ3v) is 6.01. The Morgan fingerprint density at radius 3 is 2.65 bits per heavy atom. The first-order valence-electron chi connectivity index (χ1n) is 9.02. The number of nitrogens with one attached hydrogen (secondary N) is 1. The first-order chi connectivity index (χ1) is 12.5. The van der Waals surface area contributed by atoms with Gasteiger partial charge in [-0.25, -0.2) is 0 Å². The van der Waals surface area contributed by atoms with Crippen LogP contribution in [-0.4, -0.2) is 55.7 Å². The molecule has 7 heteroatoms. The van der Waals surface area contributed by atoms with Crippen LogP contribution in [-0.2, 0) is 19.1 Å². The zero-order valence-corrected chi connectivity index (χ0v) is 15.5. The van der Waals surface area contributed by atoms with Gasteiger partial charge in [0.05, 0.1) is 19.8 Å². The van der Waals surface area contributed by atoms with E-state index in [0.717, 1.165) is 25.1 Å². The van der Waals surface area contributed by atoms with Gasteiger partial charge in [0.15, 0.2) is 0 Å². The summed E-state index contributed by atoms with van der Waals surface area (Å²) >= 11 is 5.96. The molecule has 0 spiro atoms. The number of carbonyl (C=O) groups is 2. The Hall–Kier alpha value is -1.63. The molecule has 0 bridgehead atoms. The number of fused-ring (bicyclic) bond motifs is 1. The summed E-state index contributed by atoms with van der Waals surface area (Å²) in [6.07, 6.45) is 2.01. The van der Waals surface area contributed by atoms with Gasteiger partial charge in [-0.3, -0.25) is 14.5 Å². The lowest BCUT2D eigenvalue weighted by molar-refractivity contribution is -0.152. The summed E-state index contributed by atoms with van der Waals surface area (Å²) in [6.45, 7) is 2.21. The molecule has 3 aliphatic rings. The number of hydrogen-bond acceptors (Lipinski definition) is 5. The Morgan fingerprint density at radius 1 is 1.27 bits per heavy atom. The molecular weight excluding hydrogens is 356 g/mol. The van der Waals surface area contributed by atoms with Crippen LogP contribution in [0.4, 0.5) is 0 Å². The van der Waals surface area contributed by atoms with Gasteiger partial charge in [0.2, 0.25) is 5.91 Å². The highest BCUT2D eigenvalue weighted by Gasteiger charge is 2.58. The Labute approximate surface area is 157 Å². The zero-order valence-electron chi connectivity index (χ0n) is 14.7. The molecule has 3 atom stereocenters. The van der Waals surface area contributed by atoms with E-state index >= 15 is 0 Å². The molecule has 2 saturated heterocycles. The molecule has 0 aromatic heterocycles. The predicted octanol–water partition coefficient (Wildman–Crippen LogP) is 1.92. The minimum absolute atomic E-state index is 0.0165. The van der Waals surface area contributed by atoms with Crippen molar-refractivity contribution in [3.8, 4) is 0 Å². The highest BCUT2D eigenvalue weighted by Crippen LogP contribution is 2.47. The van der Waals surface area contributed by atoms with Crippen molar-refractivity contribution in [2.24, 2.45) is 5.41 Å². The largest absolute Gasteiger partial charge is 0.468 e. The lowest BCUT2D eigenvalue weighted by atomic mass is 10.0. The van der Waals surface area contributed by atoms with Crippen LogP contribution in [0.25, 0.3) is 0 Å². The molecule has 1 aliphatic carbocycles. The van der Waals surface area contributed by atoms with E-state index in [1.54, 1.807) is 0 Å². The molecule has 140 valence electrons. The molecule has 2 aliphatic heterocycles. The molecular formula is C19H23ClN2O4. The van der Waals surface area contributed by atoms with Crippen LogP contribution in [0, 0.1) is 5.41 Å². The highest BCUT2D eigenvalue weighted by molar-refractivity contribution is 6.30. The van der Waals surface area contributed by atoms with Crippen molar-refractivity contribution < 1.29 is 19.1 Å². The van der Waals surface area contributed by atoms with E-state index < -0.39 is 11.4 Å². The summed E-state index contributed by atoms with van der Waals surface area (Å²) in [5.41, 5.74) is 0.170. The van der Waals surface area contributed by atoms with Gasteiger partial charge in [-0.1, -0.05) is 23.7 Å². The molecule has 4 rings (SSSR count). The molecule has 1 amide bonds. The van der Waals surface area contributed by atoms with Crippen LogP contribution in [0.3, 0.4) is 0 Å². The van der Waals surface area contributed by atoms with Crippen LogP contribution < -0.4 is 5.32 Å². The molecule has 6 nitrogen and oxygen atoms in total. The second-order valence-electron chi connectivity index (χ2n) is 7.46. The first kappa shape index (κ1) is 17.8. The fourth-order valence-corrected chi connectivity index (χ4v) is 4.15. The van der Waals surface area contributed by atoms with E-state index in [0.29, 0.717) is 30.5 Å². The van der Waals surface area contributed by atoms with Gasteiger partial charge in [0.1, 0.15) is 5.41 Å². The predicted molar refractivity (Wildman–Crippen MR) is 95.7 cm³/mol. The number of benzene rings is 1. The summed E-state index contributed by atoms with van der Waals surface area (Å²) < 4.78 is 10.8. The van der Waals surface area contributed by atoms with E-state index in [2.05, 4.69) is 10.2 Å². The van der Waals surface area contributed by atoms with Gasteiger partial charge >= 0.3 is 5.97 Å². The second-order valence-corrected chi connectivity index (χ2v) is 7.90. The van der Waals surface area contributed by atoms with Gasteiger partial charge in [-0.15, -0.1) is 0 Å². The lowest BCUT2D eigenvalue weighted by Crippen LogP contribution is -2.45. The Kier molecular flexibility index (Phi) is 4.67. The summed E-state index contributed by atoms with van der Waals surface area (Å²) in [5, 5.41) is 3.77. The maximum atomic E-state index is 12.5. The van der Waals surface area contributed by atoms with Crippen molar-refractivity contribution in [2.75, 3.05) is 26.8 Å². The van der Waals surface area contributed by atoms with Crippen molar-refractivity contribution in [1.29, 1.82) is 0 Å². The zero-order chi connectivity index (χ0) is 18.3. The second kappa shape index (κ2) is 6.83. The van der Waals surface area contributed by atoms with E-state index in [9.17, 15) is 9.59 Å². The average Bonchev–Trinajstić information content (AvgIpc) is 3.36. The first-order valence-corrected chi connectivity index (χ1v) is 9.40. The summed E-state index contributed by atoms with van der Waals surface area (Å²) in [4.78, 5) is 26.8. The number of carbonyl (C=O) groups excluding carboxylic acids is 2. The average molecular weight is 379 g/mol. The molecule has 0 unspecified atom stereocenters. The van der Waals surface area contributed by atoms with E-state index in [1.165, 1.54) is 7.11 Å². The number of nitrogens with zero attached hydrogens (tertiary/aromatic N) is 1. The maximum absolute atomic E-state index is 12.5. The quantitative estimate of drug-likeness (QED) is 0.640. The Morgan fingerprint density at radius 2 is 2.00 bits per heavy atom. The topological polar surface area (TPSA) is 67.9 Å². The SMILES string of the molecule is COC(=O)C1(C(=O)N[C@H]2C[C@H]3CO[C@@H](c4ccc(Cl)cc4)CN3C2)CC1. The molecule has 1 N–H and O–H groups in total. The van der Waals surface area contributed by atoms with Gasteiger partial charge in [0, 0.05) is 30.2 Å². The third-order valence-electron chi connectivity index (χ3n) is 5.76.